The molecule has 0 N–H and O–H groups in total. The monoisotopic (exact) mass is 379 g/mol. The molecule has 3 unspecified atom stereocenters. The summed E-state index contributed by atoms with van der Waals surface area (Å²) in [5, 5.41) is 8.25. The second-order valence-corrected chi connectivity index (χ2v) is 8.67. The van der Waals surface area contributed by atoms with Crippen molar-refractivity contribution in [2.75, 3.05) is 33.1 Å². The van der Waals surface area contributed by atoms with Gasteiger partial charge in [0.25, 0.3) is 0 Å². The summed E-state index contributed by atoms with van der Waals surface area (Å²) < 4.78 is 41.6. The zero-order chi connectivity index (χ0) is 18.3. The topological polar surface area (TPSA) is 94.8 Å². The first-order chi connectivity index (χ1) is 12.5. The minimum atomic E-state index is -3.26. The third kappa shape index (κ3) is 3.46. The van der Waals surface area contributed by atoms with E-state index < -0.39 is 16.1 Å². The standard InChI is InChI=1S/C17H21N3O5S/c1-23-12-5-3-4-11(8-12)13-9-14(13)16-18-19-17(25-16)15-10-20(6-7-24-15)26(2,21)22/h3-5,8,13-15H,6-7,9-10H2,1-2H3. The molecule has 0 radical (unpaired) electrons. The van der Waals surface area contributed by atoms with E-state index in [4.69, 9.17) is 13.9 Å². The molecule has 2 fully saturated rings. The van der Waals surface area contributed by atoms with Gasteiger partial charge in [-0.2, -0.15) is 4.31 Å². The highest BCUT2D eigenvalue weighted by Crippen LogP contribution is 2.54. The van der Waals surface area contributed by atoms with Gasteiger partial charge in [-0.25, -0.2) is 8.42 Å². The molecule has 1 aliphatic carbocycles. The minimum absolute atomic E-state index is 0.179. The molecular weight excluding hydrogens is 358 g/mol. The predicted octanol–water partition coefficient (Wildman–Crippen LogP) is 1.68. The summed E-state index contributed by atoms with van der Waals surface area (Å²) in [6.07, 6.45) is 1.61. The van der Waals surface area contributed by atoms with Gasteiger partial charge in [0.2, 0.25) is 21.8 Å². The summed E-state index contributed by atoms with van der Waals surface area (Å²) in [5.74, 6) is 2.25. The minimum Gasteiger partial charge on any atom is -0.497 e. The maximum atomic E-state index is 11.7. The van der Waals surface area contributed by atoms with Gasteiger partial charge in [-0.1, -0.05) is 12.1 Å². The summed E-state index contributed by atoms with van der Waals surface area (Å²) in [6.45, 7) is 0.854. The Morgan fingerprint density at radius 2 is 2.04 bits per heavy atom. The van der Waals surface area contributed by atoms with Crippen LogP contribution < -0.4 is 4.74 Å². The second kappa shape index (κ2) is 6.64. The van der Waals surface area contributed by atoms with Crippen molar-refractivity contribution in [1.29, 1.82) is 0 Å². The van der Waals surface area contributed by atoms with Gasteiger partial charge in [-0.3, -0.25) is 0 Å². The number of methoxy groups -OCH3 is 1. The zero-order valence-electron chi connectivity index (χ0n) is 14.7. The molecule has 1 saturated heterocycles. The number of aromatic nitrogens is 2. The Kier molecular flexibility index (Phi) is 4.45. The van der Waals surface area contributed by atoms with Crippen LogP contribution in [0.4, 0.5) is 0 Å². The van der Waals surface area contributed by atoms with Crippen LogP contribution in [-0.4, -0.2) is 56.0 Å². The van der Waals surface area contributed by atoms with Crippen LogP contribution in [0.2, 0.25) is 0 Å². The SMILES string of the molecule is COc1cccc(C2CC2c2nnc(C3CN(S(C)(=O)=O)CCO3)o2)c1. The molecule has 1 aliphatic heterocycles. The van der Waals surface area contributed by atoms with E-state index in [-0.39, 0.29) is 12.5 Å². The van der Waals surface area contributed by atoms with E-state index in [1.54, 1.807) is 7.11 Å². The molecule has 1 aromatic heterocycles. The highest BCUT2D eigenvalue weighted by Gasteiger charge is 2.44. The Bertz CT molecular complexity index is 897. The van der Waals surface area contributed by atoms with Gasteiger partial charge in [-0.05, 0) is 30.0 Å². The molecule has 2 aliphatic rings. The molecule has 1 aromatic carbocycles. The van der Waals surface area contributed by atoms with Gasteiger partial charge >= 0.3 is 0 Å². The van der Waals surface area contributed by atoms with Gasteiger partial charge in [0, 0.05) is 19.0 Å². The highest BCUT2D eigenvalue weighted by molar-refractivity contribution is 7.88. The lowest BCUT2D eigenvalue weighted by molar-refractivity contribution is -0.0176. The van der Waals surface area contributed by atoms with Crippen LogP contribution in [0.3, 0.4) is 0 Å². The van der Waals surface area contributed by atoms with Crippen LogP contribution in [0.1, 0.15) is 41.7 Å². The average Bonchev–Trinajstić information content (AvgIpc) is 3.29. The number of sulfonamides is 1. The number of hydrogen-bond acceptors (Lipinski definition) is 7. The lowest BCUT2D eigenvalue weighted by atomic mass is 10.1. The molecule has 9 heteroatoms. The number of morpholine rings is 1. The van der Waals surface area contributed by atoms with Crippen molar-refractivity contribution < 1.29 is 22.3 Å². The van der Waals surface area contributed by atoms with E-state index in [1.165, 1.54) is 16.1 Å². The maximum absolute atomic E-state index is 11.7. The van der Waals surface area contributed by atoms with E-state index in [0.717, 1.165) is 12.2 Å². The van der Waals surface area contributed by atoms with Crippen LogP contribution in [0.5, 0.6) is 5.75 Å². The van der Waals surface area contributed by atoms with Crippen LogP contribution in [0.25, 0.3) is 0 Å². The van der Waals surface area contributed by atoms with Gasteiger partial charge < -0.3 is 13.9 Å². The zero-order valence-corrected chi connectivity index (χ0v) is 15.5. The van der Waals surface area contributed by atoms with E-state index in [9.17, 15) is 8.42 Å². The van der Waals surface area contributed by atoms with Crippen molar-refractivity contribution in [2.24, 2.45) is 0 Å². The molecule has 26 heavy (non-hydrogen) atoms. The predicted molar refractivity (Wildman–Crippen MR) is 92.5 cm³/mol. The maximum Gasteiger partial charge on any atom is 0.246 e. The Morgan fingerprint density at radius 1 is 1.23 bits per heavy atom. The van der Waals surface area contributed by atoms with Gasteiger partial charge in [0.1, 0.15) is 11.9 Å². The fraction of sp³-hybridized carbons (Fsp3) is 0.529. The molecule has 140 valence electrons. The van der Waals surface area contributed by atoms with Crippen molar-refractivity contribution in [3.63, 3.8) is 0 Å². The van der Waals surface area contributed by atoms with E-state index in [0.29, 0.717) is 30.9 Å². The molecule has 2 heterocycles. The Labute approximate surface area is 152 Å². The Hall–Kier alpha value is -1.97. The Balaban J connectivity index is 1.46. The molecule has 3 atom stereocenters. The molecule has 0 spiro atoms. The van der Waals surface area contributed by atoms with Crippen LogP contribution in [-0.2, 0) is 14.8 Å². The lowest BCUT2D eigenvalue weighted by Crippen LogP contribution is -2.41. The summed E-state index contributed by atoms with van der Waals surface area (Å²) >= 11 is 0. The normalized spacial score (nSPS) is 26.6. The fourth-order valence-electron chi connectivity index (χ4n) is 3.31. The highest BCUT2D eigenvalue weighted by atomic mass is 32.2. The van der Waals surface area contributed by atoms with Gasteiger partial charge in [0.15, 0.2) is 0 Å². The van der Waals surface area contributed by atoms with Gasteiger partial charge in [-0.15, -0.1) is 10.2 Å². The summed E-state index contributed by atoms with van der Waals surface area (Å²) in [4.78, 5) is 0. The second-order valence-electron chi connectivity index (χ2n) is 6.68. The smallest absolute Gasteiger partial charge is 0.246 e. The van der Waals surface area contributed by atoms with Crippen LogP contribution >= 0.6 is 0 Å². The van der Waals surface area contributed by atoms with E-state index in [2.05, 4.69) is 16.3 Å². The first-order valence-corrected chi connectivity index (χ1v) is 10.3. The summed E-state index contributed by atoms with van der Waals surface area (Å²) in [6, 6.07) is 7.98. The van der Waals surface area contributed by atoms with E-state index in [1.807, 2.05) is 18.2 Å². The van der Waals surface area contributed by atoms with Gasteiger partial charge in [0.05, 0.1) is 20.0 Å². The molecule has 1 saturated carbocycles. The number of ether oxygens (including phenoxy) is 2. The third-order valence-electron chi connectivity index (χ3n) is 4.86. The van der Waals surface area contributed by atoms with Crippen LogP contribution in [0.15, 0.2) is 28.7 Å². The number of hydrogen-bond donors (Lipinski definition) is 0. The first kappa shape index (κ1) is 17.4. The summed E-state index contributed by atoms with van der Waals surface area (Å²) in [5.41, 5.74) is 1.19. The third-order valence-corrected chi connectivity index (χ3v) is 6.13. The van der Waals surface area contributed by atoms with Crippen molar-refractivity contribution in [3.05, 3.63) is 41.6 Å². The van der Waals surface area contributed by atoms with Crippen molar-refractivity contribution in [2.45, 2.75) is 24.4 Å². The summed E-state index contributed by atoms with van der Waals surface area (Å²) in [7, 11) is -1.61. The van der Waals surface area contributed by atoms with E-state index >= 15 is 0 Å². The van der Waals surface area contributed by atoms with Crippen LogP contribution in [0, 0.1) is 0 Å². The largest absolute Gasteiger partial charge is 0.497 e. The number of benzene rings is 1. The average molecular weight is 379 g/mol. The fourth-order valence-corrected chi connectivity index (χ4v) is 4.12. The molecule has 2 aromatic rings. The molecule has 0 bridgehead atoms. The lowest BCUT2D eigenvalue weighted by Gasteiger charge is -2.29. The number of nitrogens with zero attached hydrogens (tertiary/aromatic N) is 3. The molecule has 0 amide bonds. The molecular formula is C17H21N3O5S. The number of rotatable bonds is 5. The quantitative estimate of drug-likeness (QED) is 0.780. The van der Waals surface area contributed by atoms with Crippen molar-refractivity contribution >= 4 is 10.0 Å². The molecule has 8 nitrogen and oxygen atoms in total. The molecule has 4 rings (SSSR count). The van der Waals surface area contributed by atoms with Crippen molar-refractivity contribution in [3.8, 4) is 5.75 Å². The Morgan fingerprint density at radius 3 is 2.81 bits per heavy atom. The van der Waals surface area contributed by atoms with Crippen molar-refractivity contribution in [1.82, 2.24) is 14.5 Å². The first-order valence-electron chi connectivity index (χ1n) is 8.49.